The van der Waals surface area contributed by atoms with E-state index in [0.29, 0.717) is 19.6 Å². The maximum absolute atomic E-state index is 12.8. The Hall–Kier alpha value is -1.14. The number of nitrogens with zero attached hydrogens (tertiary/aromatic N) is 2. The van der Waals surface area contributed by atoms with Gasteiger partial charge in [0.15, 0.2) is 0 Å². The lowest BCUT2D eigenvalue weighted by Crippen LogP contribution is -2.49. The van der Waals surface area contributed by atoms with E-state index in [1.807, 2.05) is 4.90 Å². The molecular formula is C16H26N2O4. The number of rotatable bonds is 3. The molecule has 3 heterocycles. The number of carbonyl (C=O) groups is 2. The van der Waals surface area contributed by atoms with E-state index >= 15 is 0 Å². The minimum Gasteiger partial charge on any atom is -0.381 e. The molecule has 3 aliphatic heterocycles. The second kappa shape index (κ2) is 6.96. The Bertz CT molecular complexity index is 416. The molecule has 3 rings (SSSR count). The van der Waals surface area contributed by atoms with Gasteiger partial charge in [-0.2, -0.15) is 0 Å². The molecule has 0 aromatic heterocycles. The maximum atomic E-state index is 12.8. The Labute approximate surface area is 131 Å². The summed E-state index contributed by atoms with van der Waals surface area (Å²) in [6.45, 7) is 3.39. The van der Waals surface area contributed by atoms with E-state index in [-0.39, 0.29) is 29.9 Å². The lowest BCUT2D eigenvalue weighted by molar-refractivity contribution is -0.148. The summed E-state index contributed by atoms with van der Waals surface area (Å²) in [6, 6.07) is -0.350. The lowest BCUT2D eigenvalue weighted by Gasteiger charge is -2.31. The highest BCUT2D eigenvalue weighted by Gasteiger charge is 2.43. The first-order valence-corrected chi connectivity index (χ1v) is 8.40. The van der Waals surface area contributed by atoms with E-state index < -0.39 is 0 Å². The minimum atomic E-state index is -0.350. The zero-order chi connectivity index (χ0) is 15.5. The summed E-state index contributed by atoms with van der Waals surface area (Å²) >= 11 is 0. The molecule has 0 N–H and O–H groups in total. The monoisotopic (exact) mass is 310 g/mol. The van der Waals surface area contributed by atoms with Gasteiger partial charge in [-0.25, -0.2) is 0 Å². The molecule has 22 heavy (non-hydrogen) atoms. The first-order chi connectivity index (χ1) is 10.7. The minimum absolute atomic E-state index is 0.0370. The number of carbonyl (C=O) groups excluding carboxylic acids is 2. The van der Waals surface area contributed by atoms with Gasteiger partial charge in [-0.1, -0.05) is 0 Å². The standard InChI is InChI=1S/C16H26N2O4/c1-21-13-9-14(16(20)17-6-2-3-7-17)18(10-13)15(19)12-5-4-8-22-11-12/h12-14H,2-11H2,1H3/t12-,13-,14-/m0/s1. The summed E-state index contributed by atoms with van der Waals surface area (Å²) in [5.41, 5.74) is 0. The second-order valence-corrected chi connectivity index (χ2v) is 6.55. The molecular weight excluding hydrogens is 284 g/mol. The predicted molar refractivity (Wildman–Crippen MR) is 80.3 cm³/mol. The lowest BCUT2D eigenvalue weighted by atomic mass is 10.00. The fraction of sp³-hybridized carbons (Fsp3) is 0.875. The van der Waals surface area contributed by atoms with Crippen LogP contribution in [0.3, 0.4) is 0 Å². The van der Waals surface area contributed by atoms with E-state index in [2.05, 4.69) is 0 Å². The summed E-state index contributed by atoms with van der Waals surface area (Å²) < 4.78 is 10.9. The van der Waals surface area contributed by atoms with Crippen molar-refractivity contribution < 1.29 is 19.1 Å². The van der Waals surface area contributed by atoms with Crippen LogP contribution >= 0.6 is 0 Å². The molecule has 0 saturated carbocycles. The Balaban J connectivity index is 1.70. The van der Waals surface area contributed by atoms with E-state index in [4.69, 9.17) is 9.47 Å². The van der Waals surface area contributed by atoms with E-state index in [9.17, 15) is 9.59 Å². The fourth-order valence-electron chi connectivity index (χ4n) is 3.76. The van der Waals surface area contributed by atoms with Crippen molar-refractivity contribution in [3.63, 3.8) is 0 Å². The van der Waals surface area contributed by atoms with Gasteiger partial charge in [0.2, 0.25) is 11.8 Å². The molecule has 0 radical (unpaired) electrons. The third-order valence-corrected chi connectivity index (χ3v) is 5.09. The highest BCUT2D eigenvalue weighted by Crippen LogP contribution is 2.27. The predicted octanol–water partition coefficient (Wildman–Crippen LogP) is 0.651. The first-order valence-electron chi connectivity index (χ1n) is 8.40. The highest BCUT2D eigenvalue weighted by molar-refractivity contribution is 5.89. The molecule has 3 fully saturated rings. The molecule has 3 aliphatic rings. The van der Waals surface area contributed by atoms with E-state index in [1.165, 1.54) is 0 Å². The average molecular weight is 310 g/mol. The van der Waals surface area contributed by atoms with Gasteiger partial charge in [0, 0.05) is 39.8 Å². The number of hydrogen-bond acceptors (Lipinski definition) is 4. The van der Waals surface area contributed by atoms with Crippen LogP contribution < -0.4 is 0 Å². The van der Waals surface area contributed by atoms with Gasteiger partial charge >= 0.3 is 0 Å². The molecule has 6 nitrogen and oxygen atoms in total. The van der Waals surface area contributed by atoms with Crippen LogP contribution in [0.4, 0.5) is 0 Å². The summed E-state index contributed by atoms with van der Waals surface area (Å²) in [4.78, 5) is 29.2. The smallest absolute Gasteiger partial charge is 0.245 e. The molecule has 0 bridgehead atoms. The molecule has 0 aromatic carbocycles. The zero-order valence-corrected chi connectivity index (χ0v) is 13.3. The third kappa shape index (κ3) is 3.13. The summed E-state index contributed by atoms with van der Waals surface area (Å²) in [7, 11) is 1.65. The normalized spacial score (nSPS) is 32.5. The van der Waals surface area contributed by atoms with Gasteiger partial charge in [-0.15, -0.1) is 0 Å². The van der Waals surface area contributed by atoms with Crippen LogP contribution in [0.1, 0.15) is 32.1 Å². The van der Waals surface area contributed by atoms with Crippen molar-refractivity contribution >= 4 is 11.8 Å². The Morgan fingerprint density at radius 3 is 2.55 bits per heavy atom. The van der Waals surface area contributed by atoms with Crippen molar-refractivity contribution in [3.05, 3.63) is 0 Å². The van der Waals surface area contributed by atoms with E-state index in [1.54, 1.807) is 12.0 Å². The van der Waals surface area contributed by atoms with Crippen LogP contribution in [-0.4, -0.2) is 73.7 Å². The molecule has 3 atom stereocenters. The van der Waals surface area contributed by atoms with Gasteiger partial charge in [-0.05, 0) is 25.7 Å². The number of ether oxygens (including phenoxy) is 2. The topological polar surface area (TPSA) is 59.1 Å². The summed E-state index contributed by atoms with van der Waals surface area (Å²) in [5, 5.41) is 0. The van der Waals surface area contributed by atoms with Crippen molar-refractivity contribution in [1.29, 1.82) is 0 Å². The molecule has 0 aromatic rings. The van der Waals surface area contributed by atoms with Crippen LogP contribution in [0.2, 0.25) is 0 Å². The Morgan fingerprint density at radius 1 is 1.14 bits per heavy atom. The van der Waals surface area contributed by atoms with Crippen LogP contribution in [0, 0.1) is 5.92 Å². The molecule has 0 spiro atoms. The fourth-order valence-corrected chi connectivity index (χ4v) is 3.76. The van der Waals surface area contributed by atoms with Gasteiger partial charge in [0.25, 0.3) is 0 Å². The number of likely N-dealkylation sites (tertiary alicyclic amines) is 2. The first kappa shape index (κ1) is 15.7. The SMILES string of the molecule is CO[C@H]1C[C@@H](C(=O)N2CCCC2)N(C(=O)[C@H]2CCCOC2)C1. The maximum Gasteiger partial charge on any atom is 0.245 e. The molecule has 2 amide bonds. The molecule has 124 valence electrons. The molecule has 0 aliphatic carbocycles. The van der Waals surface area contributed by atoms with Gasteiger partial charge < -0.3 is 19.3 Å². The molecule has 3 saturated heterocycles. The third-order valence-electron chi connectivity index (χ3n) is 5.09. The van der Waals surface area contributed by atoms with Crippen molar-refractivity contribution in [3.8, 4) is 0 Å². The number of hydrogen-bond donors (Lipinski definition) is 0. The van der Waals surface area contributed by atoms with Crippen molar-refractivity contribution in [2.75, 3.05) is 40.0 Å². The van der Waals surface area contributed by atoms with Crippen LogP contribution in [0.15, 0.2) is 0 Å². The van der Waals surface area contributed by atoms with E-state index in [0.717, 1.165) is 45.4 Å². The summed E-state index contributed by atoms with van der Waals surface area (Å²) in [6.07, 6.45) is 4.49. The Kier molecular flexibility index (Phi) is 4.98. The van der Waals surface area contributed by atoms with Crippen LogP contribution in [0.25, 0.3) is 0 Å². The van der Waals surface area contributed by atoms with Crippen LogP contribution in [0.5, 0.6) is 0 Å². The quantitative estimate of drug-likeness (QED) is 0.768. The second-order valence-electron chi connectivity index (χ2n) is 6.55. The van der Waals surface area contributed by atoms with Gasteiger partial charge in [0.1, 0.15) is 6.04 Å². The van der Waals surface area contributed by atoms with Gasteiger partial charge in [-0.3, -0.25) is 9.59 Å². The number of amides is 2. The molecule has 0 unspecified atom stereocenters. The van der Waals surface area contributed by atoms with Crippen molar-refractivity contribution in [2.24, 2.45) is 5.92 Å². The highest BCUT2D eigenvalue weighted by atomic mass is 16.5. The zero-order valence-electron chi connectivity index (χ0n) is 13.3. The Morgan fingerprint density at radius 2 is 1.91 bits per heavy atom. The van der Waals surface area contributed by atoms with Gasteiger partial charge in [0.05, 0.1) is 18.6 Å². The van der Waals surface area contributed by atoms with Crippen molar-refractivity contribution in [2.45, 2.75) is 44.2 Å². The molecule has 6 heteroatoms. The largest absolute Gasteiger partial charge is 0.381 e. The summed E-state index contributed by atoms with van der Waals surface area (Å²) in [5.74, 6) is 0.0668. The number of methoxy groups -OCH3 is 1. The average Bonchev–Trinajstić information content (AvgIpc) is 3.23. The van der Waals surface area contributed by atoms with Crippen molar-refractivity contribution in [1.82, 2.24) is 9.80 Å². The van der Waals surface area contributed by atoms with Crippen LogP contribution in [-0.2, 0) is 19.1 Å².